The Labute approximate surface area is 292 Å². The lowest BCUT2D eigenvalue weighted by atomic mass is 9.83. The number of ether oxygens (including phenoxy) is 5. The van der Waals surface area contributed by atoms with E-state index in [2.05, 4.69) is 22.3 Å². The predicted octanol–water partition coefficient (Wildman–Crippen LogP) is 7.45. The highest BCUT2D eigenvalue weighted by molar-refractivity contribution is 6.31. The van der Waals surface area contributed by atoms with Crippen LogP contribution in [-0.4, -0.2) is 43.8 Å². The fourth-order valence-electron chi connectivity index (χ4n) is 6.50. The summed E-state index contributed by atoms with van der Waals surface area (Å²) in [6, 6.07) is 24.3. The number of nitrogens with one attached hydrogen (secondary N) is 1. The number of amides is 1. The van der Waals surface area contributed by atoms with E-state index < -0.39 is 18.1 Å². The molecule has 0 saturated carbocycles. The highest BCUT2D eigenvalue weighted by Crippen LogP contribution is 2.48. The summed E-state index contributed by atoms with van der Waals surface area (Å²) in [4.78, 5) is 28.8. The number of carbonyl (C=O) groups is 2. The molecule has 2 heterocycles. The second-order valence-electron chi connectivity index (χ2n) is 12.6. The fraction of sp³-hybridized carbons (Fsp3) is 0.333. The van der Waals surface area contributed by atoms with Gasteiger partial charge in [-0.25, -0.2) is 9.59 Å². The van der Waals surface area contributed by atoms with E-state index in [4.69, 9.17) is 35.3 Å². The van der Waals surface area contributed by atoms with E-state index in [1.54, 1.807) is 13.2 Å². The number of hydrogen-bond acceptors (Lipinski definition) is 8. The van der Waals surface area contributed by atoms with Gasteiger partial charge in [-0.1, -0.05) is 86.1 Å². The SMILES string of the molecule is COc1cc2c(cc1OCc1ccccc1)C1Cc3c(Cl)cc(OC)c(OC(=O)[C@@H](NC(=O)OCc4ccccc4)C(C)C)c3CN1CC2. The molecule has 0 bridgehead atoms. The Bertz CT molecular complexity index is 1800. The van der Waals surface area contributed by atoms with Gasteiger partial charge < -0.3 is 29.0 Å². The summed E-state index contributed by atoms with van der Waals surface area (Å²) < 4.78 is 29.2. The van der Waals surface area contributed by atoms with Gasteiger partial charge >= 0.3 is 12.1 Å². The standard InChI is InChI=1S/C39H41ClN2O7/c1-24(2)36(41-39(44)48-23-26-13-9-6-10-14-26)38(43)49-37-30-21-42-16-15-27-17-33(45-3)34(47-22-25-11-7-5-8-12-25)19-28(27)32(42)18-29(30)31(40)20-35(37)46-4/h5-14,17,19-20,24,32,36H,15-16,18,21-23H2,1-4H3,(H,41,44)/t32?,36-/m0/s1. The minimum Gasteiger partial charge on any atom is -0.493 e. The van der Waals surface area contributed by atoms with Crippen LogP contribution >= 0.6 is 11.6 Å². The van der Waals surface area contributed by atoms with Gasteiger partial charge in [-0.3, -0.25) is 4.90 Å². The highest BCUT2D eigenvalue weighted by atomic mass is 35.5. The molecular weight excluding hydrogens is 644 g/mol. The van der Waals surface area contributed by atoms with Crippen LogP contribution in [0.25, 0.3) is 0 Å². The molecule has 1 N–H and O–H groups in total. The van der Waals surface area contributed by atoms with Crippen molar-refractivity contribution in [2.45, 2.75) is 58.5 Å². The van der Waals surface area contributed by atoms with Crippen LogP contribution in [0, 0.1) is 5.92 Å². The van der Waals surface area contributed by atoms with Crippen molar-refractivity contribution in [2.24, 2.45) is 5.92 Å². The number of hydrogen-bond donors (Lipinski definition) is 1. The molecule has 256 valence electrons. The Morgan fingerprint density at radius 2 is 1.55 bits per heavy atom. The number of halogens is 1. The smallest absolute Gasteiger partial charge is 0.408 e. The van der Waals surface area contributed by atoms with Gasteiger partial charge in [0.1, 0.15) is 19.3 Å². The highest BCUT2D eigenvalue weighted by Gasteiger charge is 2.38. The summed E-state index contributed by atoms with van der Waals surface area (Å²) in [5.41, 5.74) is 5.95. The molecule has 4 aromatic rings. The predicted molar refractivity (Wildman–Crippen MR) is 186 cm³/mol. The first kappa shape index (κ1) is 34.1. The first-order valence-electron chi connectivity index (χ1n) is 16.4. The van der Waals surface area contributed by atoms with Crippen molar-refractivity contribution in [3.63, 3.8) is 0 Å². The fourth-order valence-corrected chi connectivity index (χ4v) is 6.79. The molecule has 0 spiro atoms. The first-order valence-corrected chi connectivity index (χ1v) is 16.8. The Balaban J connectivity index is 1.24. The van der Waals surface area contributed by atoms with Gasteiger partial charge in [0, 0.05) is 35.8 Å². The van der Waals surface area contributed by atoms with Crippen molar-refractivity contribution in [1.82, 2.24) is 10.2 Å². The molecule has 10 heteroatoms. The number of nitrogens with zero attached hydrogens (tertiary/aromatic N) is 1. The van der Waals surface area contributed by atoms with E-state index in [1.807, 2.05) is 74.5 Å². The van der Waals surface area contributed by atoms with Crippen LogP contribution in [0.4, 0.5) is 4.79 Å². The number of fused-ring (bicyclic) bond motifs is 4. The number of methoxy groups -OCH3 is 2. The van der Waals surface area contributed by atoms with Crippen molar-refractivity contribution in [2.75, 3.05) is 20.8 Å². The molecule has 0 aliphatic carbocycles. The molecule has 2 aliphatic rings. The normalized spacial score (nSPS) is 15.7. The quantitative estimate of drug-likeness (QED) is 0.129. The van der Waals surface area contributed by atoms with Crippen LogP contribution in [0.15, 0.2) is 78.9 Å². The van der Waals surface area contributed by atoms with Gasteiger partial charge in [-0.15, -0.1) is 0 Å². The molecule has 49 heavy (non-hydrogen) atoms. The van der Waals surface area contributed by atoms with Crippen LogP contribution in [0.3, 0.4) is 0 Å². The van der Waals surface area contributed by atoms with Crippen LogP contribution in [0.2, 0.25) is 5.02 Å². The lowest BCUT2D eigenvalue weighted by molar-refractivity contribution is -0.138. The Morgan fingerprint density at radius 1 is 0.878 bits per heavy atom. The van der Waals surface area contributed by atoms with Gasteiger partial charge in [0.2, 0.25) is 0 Å². The molecule has 2 atom stereocenters. The molecule has 6 rings (SSSR count). The maximum Gasteiger partial charge on any atom is 0.408 e. The van der Waals surface area contributed by atoms with Crippen LogP contribution in [0.1, 0.15) is 53.3 Å². The first-order chi connectivity index (χ1) is 23.7. The molecule has 0 radical (unpaired) electrons. The molecule has 0 fully saturated rings. The molecule has 0 saturated heterocycles. The van der Waals surface area contributed by atoms with Crippen LogP contribution < -0.4 is 24.3 Å². The van der Waals surface area contributed by atoms with Gasteiger partial charge in [-0.2, -0.15) is 0 Å². The van der Waals surface area contributed by atoms with Crippen molar-refractivity contribution < 1.29 is 33.3 Å². The second kappa shape index (κ2) is 15.2. The minimum atomic E-state index is -0.957. The largest absolute Gasteiger partial charge is 0.493 e. The monoisotopic (exact) mass is 684 g/mol. The maximum atomic E-state index is 13.7. The van der Waals surface area contributed by atoms with E-state index in [-0.39, 0.29) is 18.6 Å². The molecular formula is C39H41ClN2O7. The topological polar surface area (TPSA) is 95.6 Å². The van der Waals surface area contributed by atoms with Gasteiger partial charge in [0.15, 0.2) is 23.0 Å². The van der Waals surface area contributed by atoms with Gasteiger partial charge in [0.25, 0.3) is 0 Å². The lowest BCUT2D eigenvalue weighted by Crippen LogP contribution is -2.46. The van der Waals surface area contributed by atoms with Crippen LogP contribution in [0.5, 0.6) is 23.0 Å². The zero-order chi connectivity index (χ0) is 34.5. The third-order valence-electron chi connectivity index (χ3n) is 9.13. The minimum absolute atomic E-state index is 0.0279. The van der Waals surface area contributed by atoms with E-state index in [1.165, 1.54) is 12.7 Å². The summed E-state index contributed by atoms with van der Waals surface area (Å²) in [6.45, 7) is 5.45. The summed E-state index contributed by atoms with van der Waals surface area (Å²) >= 11 is 6.90. The Morgan fingerprint density at radius 3 is 2.20 bits per heavy atom. The van der Waals surface area contributed by atoms with Gasteiger partial charge in [-0.05, 0) is 58.7 Å². The number of alkyl carbamates (subject to hydrolysis) is 1. The number of esters is 1. The third kappa shape index (κ3) is 7.63. The summed E-state index contributed by atoms with van der Waals surface area (Å²) in [7, 11) is 3.17. The van der Waals surface area contributed by atoms with Crippen LogP contribution in [-0.2, 0) is 42.1 Å². The molecule has 4 aromatic carbocycles. The van der Waals surface area contributed by atoms with Crippen molar-refractivity contribution >= 4 is 23.7 Å². The average molecular weight is 685 g/mol. The molecule has 2 aliphatic heterocycles. The number of rotatable bonds is 11. The van der Waals surface area contributed by atoms with Gasteiger partial charge in [0.05, 0.1) is 14.2 Å². The summed E-state index contributed by atoms with van der Waals surface area (Å²) in [5, 5.41) is 3.23. The number of benzene rings is 4. The van der Waals surface area contributed by atoms with Crippen molar-refractivity contribution in [1.29, 1.82) is 0 Å². The Kier molecular flexibility index (Phi) is 10.6. The summed E-state index contributed by atoms with van der Waals surface area (Å²) in [6.07, 6.45) is 0.703. The third-order valence-corrected chi connectivity index (χ3v) is 9.46. The lowest BCUT2D eigenvalue weighted by Gasteiger charge is -2.42. The zero-order valence-electron chi connectivity index (χ0n) is 28.2. The molecule has 9 nitrogen and oxygen atoms in total. The average Bonchev–Trinajstić information content (AvgIpc) is 3.12. The molecule has 0 aromatic heterocycles. The molecule has 1 amide bonds. The van der Waals surface area contributed by atoms with E-state index >= 15 is 0 Å². The van der Waals surface area contributed by atoms with E-state index in [0.29, 0.717) is 47.6 Å². The second-order valence-corrected chi connectivity index (χ2v) is 13.0. The molecule has 1 unspecified atom stereocenters. The van der Waals surface area contributed by atoms with Crippen molar-refractivity contribution in [3.8, 4) is 23.0 Å². The van der Waals surface area contributed by atoms with E-state index in [9.17, 15) is 9.59 Å². The summed E-state index contributed by atoms with van der Waals surface area (Å²) in [5.74, 6) is 1.15. The maximum absolute atomic E-state index is 13.7. The van der Waals surface area contributed by atoms with Crippen molar-refractivity contribution in [3.05, 3.63) is 117 Å². The van der Waals surface area contributed by atoms with E-state index in [0.717, 1.165) is 40.8 Å². The zero-order valence-corrected chi connectivity index (χ0v) is 28.9. The number of carbonyl (C=O) groups excluding carboxylic acids is 2. The Hall–Kier alpha value is -4.73.